The van der Waals surface area contributed by atoms with Crippen LogP contribution in [-0.2, 0) is 4.79 Å². The third kappa shape index (κ3) is 4.00. The number of ketones is 1. The van der Waals surface area contributed by atoms with E-state index in [2.05, 4.69) is 10.6 Å². The second-order valence-electron chi connectivity index (χ2n) is 6.08. The first-order valence-electron chi connectivity index (χ1n) is 8.49. The fourth-order valence-electron chi connectivity index (χ4n) is 2.70. The van der Waals surface area contributed by atoms with Crippen molar-refractivity contribution in [1.82, 2.24) is 0 Å². The third-order valence-corrected chi connectivity index (χ3v) is 4.19. The zero-order valence-corrected chi connectivity index (χ0v) is 15.1. The van der Waals surface area contributed by atoms with Gasteiger partial charge in [0.2, 0.25) is 0 Å². The Hall–Kier alpha value is -4.11. The number of nitrogens with zero attached hydrogens (tertiary/aromatic N) is 1. The lowest BCUT2D eigenvalue weighted by molar-refractivity contribution is -0.112. The smallest absolute Gasteiger partial charge is 0.267 e. The molecule has 3 N–H and O–H groups in total. The summed E-state index contributed by atoms with van der Waals surface area (Å²) in [5.74, 6) is -0.508. The van der Waals surface area contributed by atoms with Crippen molar-refractivity contribution in [2.45, 2.75) is 6.92 Å². The van der Waals surface area contributed by atoms with Gasteiger partial charge in [-0.15, -0.1) is 0 Å². The molecule has 0 unspecified atom stereocenters. The summed E-state index contributed by atoms with van der Waals surface area (Å²) >= 11 is 0. The van der Waals surface area contributed by atoms with Gasteiger partial charge in [-0.2, -0.15) is 5.26 Å². The predicted molar refractivity (Wildman–Crippen MR) is 108 cm³/mol. The summed E-state index contributed by atoms with van der Waals surface area (Å²) in [7, 11) is 0. The number of rotatable bonds is 5. The molecule has 0 aromatic heterocycles. The Kier molecular flexibility index (Phi) is 5.38. The van der Waals surface area contributed by atoms with E-state index in [0.29, 0.717) is 27.7 Å². The van der Waals surface area contributed by atoms with Crippen LogP contribution in [0.25, 0.3) is 10.8 Å². The topological polar surface area (TPSA) is 102 Å². The van der Waals surface area contributed by atoms with Gasteiger partial charge in [0.25, 0.3) is 5.91 Å². The van der Waals surface area contributed by atoms with Gasteiger partial charge in [-0.25, -0.2) is 0 Å². The molecule has 0 aliphatic carbocycles. The minimum Gasteiger partial charge on any atom is -0.507 e. The Morgan fingerprint density at radius 1 is 1.00 bits per heavy atom. The molecule has 0 saturated heterocycles. The van der Waals surface area contributed by atoms with Crippen molar-refractivity contribution in [2.24, 2.45) is 0 Å². The van der Waals surface area contributed by atoms with Crippen LogP contribution in [0, 0.1) is 11.3 Å². The molecule has 138 valence electrons. The number of phenols is 1. The molecular formula is C22H17N3O3. The lowest BCUT2D eigenvalue weighted by atomic mass is 10.1. The van der Waals surface area contributed by atoms with Crippen molar-refractivity contribution in [3.63, 3.8) is 0 Å². The number of nitrogens with one attached hydrogen (secondary N) is 2. The van der Waals surface area contributed by atoms with E-state index in [1.807, 2.05) is 6.07 Å². The van der Waals surface area contributed by atoms with Crippen LogP contribution in [0.15, 0.2) is 72.4 Å². The number of hydrogen-bond acceptors (Lipinski definition) is 5. The Bertz CT molecular complexity index is 1130. The van der Waals surface area contributed by atoms with Crippen molar-refractivity contribution < 1.29 is 14.7 Å². The molecular weight excluding hydrogens is 354 g/mol. The number of carbonyl (C=O) groups is 2. The van der Waals surface area contributed by atoms with Crippen LogP contribution < -0.4 is 10.6 Å². The van der Waals surface area contributed by atoms with E-state index in [-0.39, 0.29) is 17.1 Å². The molecule has 0 aliphatic heterocycles. The minimum absolute atomic E-state index is 0.0414. The standard InChI is InChI=1S/C22H17N3O3/c1-14(26)15-8-10-17(11-9-15)24-13-16(12-23)22(28)25-20-6-2-5-19-18(20)4-3-7-21(19)27/h2-11,13,24,27H,1H3,(H,25,28)/b16-13-. The number of fused-ring (bicyclic) bond motifs is 1. The molecule has 3 aromatic carbocycles. The van der Waals surface area contributed by atoms with Gasteiger partial charge in [-0.1, -0.05) is 24.3 Å². The summed E-state index contributed by atoms with van der Waals surface area (Å²) in [4.78, 5) is 23.8. The van der Waals surface area contributed by atoms with Crippen molar-refractivity contribution in [1.29, 1.82) is 5.26 Å². The zero-order valence-electron chi connectivity index (χ0n) is 15.1. The number of nitriles is 1. The first-order chi connectivity index (χ1) is 13.5. The van der Waals surface area contributed by atoms with Crippen molar-refractivity contribution in [3.05, 3.63) is 78.0 Å². The number of Topliss-reactive ketones (excluding diaryl/α,β-unsaturated/α-hetero) is 1. The Morgan fingerprint density at radius 2 is 1.68 bits per heavy atom. The molecule has 6 heteroatoms. The highest BCUT2D eigenvalue weighted by molar-refractivity contribution is 6.11. The molecule has 0 aliphatic rings. The molecule has 0 bridgehead atoms. The van der Waals surface area contributed by atoms with Gasteiger partial charge in [0.15, 0.2) is 5.78 Å². The van der Waals surface area contributed by atoms with Crippen molar-refractivity contribution in [3.8, 4) is 11.8 Å². The molecule has 28 heavy (non-hydrogen) atoms. The lowest BCUT2D eigenvalue weighted by Crippen LogP contribution is -2.14. The van der Waals surface area contributed by atoms with Gasteiger partial charge in [-0.05, 0) is 43.3 Å². The summed E-state index contributed by atoms with van der Waals surface area (Å²) in [5, 5.41) is 26.1. The van der Waals surface area contributed by atoms with Crippen LogP contribution in [0.3, 0.4) is 0 Å². The lowest BCUT2D eigenvalue weighted by Gasteiger charge is -2.09. The predicted octanol–water partition coefficient (Wildman–Crippen LogP) is 4.21. The van der Waals surface area contributed by atoms with E-state index >= 15 is 0 Å². The second kappa shape index (κ2) is 8.06. The first kappa shape index (κ1) is 18.7. The maximum absolute atomic E-state index is 12.5. The van der Waals surface area contributed by atoms with Crippen LogP contribution in [0.5, 0.6) is 5.75 Å². The van der Waals surface area contributed by atoms with E-state index in [1.54, 1.807) is 60.7 Å². The zero-order chi connectivity index (χ0) is 20.1. The molecule has 0 atom stereocenters. The average molecular weight is 371 g/mol. The SMILES string of the molecule is CC(=O)c1ccc(N/C=C(/C#N)C(=O)Nc2cccc3c(O)cccc23)cc1. The maximum Gasteiger partial charge on any atom is 0.267 e. The van der Waals surface area contributed by atoms with Gasteiger partial charge in [-0.3, -0.25) is 9.59 Å². The number of amides is 1. The number of carbonyl (C=O) groups excluding carboxylic acids is 2. The van der Waals surface area contributed by atoms with Crippen LogP contribution in [-0.4, -0.2) is 16.8 Å². The van der Waals surface area contributed by atoms with Crippen LogP contribution in [0.1, 0.15) is 17.3 Å². The minimum atomic E-state index is -0.578. The van der Waals surface area contributed by atoms with E-state index in [4.69, 9.17) is 0 Å². The highest BCUT2D eigenvalue weighted by Crippen LogP contribution is 2.30. The maximum atomic E-state index is 12.5. The monoisotopic (exact) mass is 371 g/mol. The molecule has 0 fully saturated rings. The largest absolute Gasteiger partial charge is 0.507 e. The van der Waals surface area contributed by atoms with E-state index in [1.165, 1.54) is 13.1 Å². The summed E-state index contributed by atoms with van der Waals surface area (Å²) < 4.78 is 0. The molecule has 3 rings (SSSR count). The van der Waals surface area contributed by atoms with Gasteiger partial charge in [0.05, 0.1) is 0 Å². The normalized spacial score (nSPS) is 10.9. The highest BCUT2D eigenvalue weighted by atomic mass is 16.3. The van der Waals surface area contributed by atoms with Gasteiger partial charge in [0.1, 0.15) is 17.4 Å². The molecule has 3 aromatic rings. The third-order valence-electron chi connectivity index (χ3n) is 4.19. The molecule has 0 radical (unpaired) electrons. The van der Waals surface area contributed by atoms with Crippen molar-refractivity contribution in [2.75, 3.05) is 10.6 Å². The number of anilines is 2. The Morgan fingerprint density at radius 3 is 2.36 bits per heavy atom. The number of hydrogen-bond donors (Lipinski definition) is 3. The summed E-state index contributed by atoms with van der Waals surface area (Å²) in [6.45, 7) is 1.48. The molecule has 0 spiro atoms. The second-order valence-corrected chi connectivity index (χ2v) is 6.08. The van der Waals surface area contributed by atoms with Crippen molar-refractivity contribution >= 4 is 33.8 Å². The van der Waals surface area contributed by atoms with Crippen LogP contribution in [0.4, 0.5) is 11.4 Å². The fourth-order valence-corrected chi connectivity index (χ4v) is 2.70. The molecule has 0 heterocycles. The van der Waals surface area contributed by atoms with E-state index in [0.717, 1.165) is 0 Å². The summed E-state index contributed by atoms with van der Waals surface area (Å²) in [6.07, 6.45) is 1.31. The average Bonchev–Trinajstić information content (AvgIpc) is 2.69. The van der Waals surface area contributed by atoms with E-state index < -0.39 is 5.91 Å². The van der Waals surface area contributed by atoms with Crippen LogP contribution in [0.2, 0.25) is 0 Å². The first-order valence-corrected chi connectivity index (χ1v) is 8.49. The molecule has 1 amide bonds. The highest BCUT2D eigenvalue weighted by Gasteiger charge is 2.12. The number of aromatic hydroxyl groups is 1. The number of phenolic OH excluding ortho intramolecular Hbond substituents is 1. The van der Waals surface area contributed by atoms with Crippen LogP contribution >= 0.6 is 0 Å². The van der Waals surface area contributed by atoms with Gasteiger partial charge in [0, 0.05) is 33.9 Å². The fraction of sp³-hybridized carbons (Fsp3) is 0.0455. The van der Waals surface area contributed by atoms with E-state index in [9.17, 15) is 20.0 Å². The Labute approximate surface area is 161 Å². The number of benzene rings is 3. The molecule has 6 nitrogen and oxygen atoms in total. The van der Waals surface area contributed by atoms with Gasteiger partial charge < -0.3 is 15.7 Å². The summed E-state index contributed by atoms with van der Waals surface area (Å²) in [6, 6.07) is 18.7. The molecule has 0 saturated carbocycles. The summed E-state index contributed by atoms with van der Waals surface area (Å²) in [5.41, 5.74) is 1.59. The Balaban J connectivity index is 1.79. The van der Waals surface area contributed by atoms with Gasteiger partial charge >= 0.3 is 0 Å². The quantitative estimate of drug-likeness (QED) is 0.354.